The second-order valence-corrected chi connectivity index (χ2v) is 3.79. The number of anilines is 1. The summed E-state index contributed by atoms with van der Waals surface area (Å²) in [7, 11) is 0. The summed E-state index contributed by atoms with van der Waals surface area (Å²) in [6.07, 6.45) is 0.646. The fourth-order valence-electron chi connectivity index (χ4n) is 1.49. The van der Waals surface area contributed by atoms with Gasteiger partial charge in [0.2, 0.25) is 17.5 Å². The van der Waals surface area contributed by atoms with Gasteiger partial charge in [-0.3, -0.25) is 10.1 Å². The van der Waals surface area contributed by atoms with Crippen LogP contribution in [-0.2, 0) is 0 Å². The van der Waals surface area contributed by atoms with Crippen molar-refractivity contribution in [2.75, 3.05) is 5.32 Å². The zero-order valence-electron chi connectivity index (χ0n) is 10.6. The van der Waals surface area contributed by atoms with Gasteiger partial charge in [-0.1, -0.05) is 0 Å². The van der Waals surface area contributed by atoms with Crippen molar-refractivity contribution < 1.29 is 22.5 Å². The molecule has 23 heavy (non-hydrogen) atoms. The van der Waals surface area contributed by atoms with E-state index >= 15 is 0 Å². The number of nitrogens with one attached hydrogen (secondary N) is 2. The molecule has 2 aromatic rings. The maximum absolute atomic E-state index is 13.6. The van der Waals surface area contributed by atoms with Crippen LogP contribution in [0.4, 0.5) is 28.9 Å². The number of halogens is 4. The minimum absolute atomic E-state index is 0.272. The van der Waals surface area contributed by atoms with Crippen LogP contribution in [0.5, 0.6) is 0 Å². The lowest BCUT2D eigenvalue weighted by molar-refractivity contribution is -0.387. The van der Waals surface area contributed by atoms with Crippen LogP contribution in [0.3, 0.4) is 0 Å². The van der Waals surface area contributed by atoms with E-state index in [1.807, 2.05) is 10.5 Å². The van der Waals surface area contributed by atoms with Crippen LogP contribution >= 0.6 is 0 Å². The van der Waals surface area contributed by atoms with Crippen molar-refractivity contribution in [1.82, 2.24) is 20.6 Å². The van der Waals surface area contributed by atoms with Gasteiger partial charge in [-0.15, -0.1) is 10.2 Å². The average Bonchev–Trinajstić information content (AvgIpc) is 3.04. The number of H-pyrrole nitrogens is 1. The molecule has 1 heterocycles. The third kappa shape index (κ3) is 2.77. The quantitative estimate of drug-likeness (QED) is 0.217. The van der Waals surface area contributed by atoms with Crippen molar-refractivity contribution in [3.05, 3.63) is 45.4 Å². The summed E-state index contributed by atoms with van der Waals surface area (Å²) in [6, 6.07) is 1.54. The monoisotopic (exact) mass is 329 g/mol. The number of aromatic nitrogens is 4. The van der Waals surface area contributed by atoms with Crippen LogP contribution in [0.15, 0.2) is 6.20 Å². The summed E-state index contributed by atoms with van der Waals surface area (Å²) in [5, 5.41) is 33.4. The van der Waals surface area contributed by atoms with Crippen LogP contribution in [0.25, 0.3) is 5.57 Å². The van der Waals surface area contributed by atoms with Gasteiger partial charge in [0.25, 0.3) is 0 Å². The lowest BCUT2D eigenvalue weighted by Gasteiger charge is -2.07. The molecule has 1 aromatic carbocycles. The van der Waals surface area contributed by atoms with Gasteiger partial charge >= 0.3 is 5.69 Å². The zero-order chi connectivity index (χ0) is 17.1. The predicted molar refractivity (Wildman–Crippen MR) is 64.3 cm³/mol. The smallest absolute Gasteiger partial charge is 0.334 e. The summed E-state index contributed by atoms with van der Waals surface area (Å²) < 4.78 is 53.3. The molecule has 0 aliphatic rings. The first kappa shape index (κ1) is 15.8. The summed E-state index contributed by atoms with van der Waals surface area (Å²) >= 11 is 0. The first-order valence-electron chi connectivity index (χ1n) is 5.49. The molecule has 0 amide bonds. The minimum Gasteiger partial charge on any atom is -0.352 e. The molecule has 0 aliphatic heterocycles. The Hall–Kier alpha value is -3.56. The number of nitro groups is 1. The van der Waals surface area contributed by atoms with Gasteiger partial charge in [-0.2, -0.15) is 14.9 Å². The highest BCUT2D eigenvalue weighted by Crippen LogP contribution is 2.34. The molecule has 1 aromatic heterocycles. The fourth-order valence-corrected chi connectivity index (χ4v) is 1.49. The molecule has 0 spiro atoms. The molecule has 2 N–H and O–H groups in total. The van der Waals surface area contributed by atoms with Crippen molar-refractivity contribution in [1.29, 1.82) is 5.26 Å². The number of tetrazole rings is 1. The Labute approximate surface area is 123 Å². The third-order valence-corrected chi connectivity index (χ3v) is 2.49. The van der Waals surface area contributed by atoms with E-state index in [1.54, 1.807) is 6.07 Å². The maximum atomic E-state index is 13.6. The van der Waals surface area contributed by atoms with E-state index in [4.69, 9.17) is 5.26 Å². The molecule has 0 unspecified atom stereocenters. The van der Waals surface area contributed by atoms with E-state index in [1.165, 1.54) is 0 Å². The number of allylic oxidation sites excluding steroid dienone is 1. The van der Waals surface area contributed by atoms with Crippen LogP contribution in [0.2, 0.25) is 0 Å². The Morgan fingerprint density at radius 2 is 1.91 bits per heavy atom. The van der Waals surface area contributed by atoms with Gasteiger partial charge in [0.15, 0.2) is 17.3 Å². The van der Waals surface area contributed by atoms with Crippen LogP contribution in [-0.4, -0.2) is 25.5 Å². The van der Waals surface area contributed by atoms with Crippen molar-refractivity contribution >= 4 is 16.9 Å². The highest BCUT2D eigenvalue weighted by molar-refractivity contribution is 5.76. The van der Waals surface area contributed by atoms with E-state index in [0.29, 0.717) is 6.20 Å². The van der Waals surface area contributed by atoms with E-state index in [-0.39, 0.29) is 5.82 Å². The lowest BCUT2D eigenvalue weighted by Crippen LogP contribution is -2.08. The average molecular weight is 329 g/mol. The molecule has 0 saturated heterocycles. The number of nitro benzene ring substituents is 1. The Balaban J connectivity index is 2.56. The number of benzene rings is 1. The number of hydrogen-bond donors (Lipinski definition) is 2. The summed E-state index contributed by atoms with van der Waals surface area (Å²) in [4.78, 5) is 9.30. The lowest BCUT2D eigenvalue weighted by atomic mass is 10.2. The second kappa shape index (κ2) is 6.05. The topological polar surface area (TPSA) is 133 Å². The molecule has 2 rings (SSSR count). The molecular formula is C10H3F4N7O2. The van der Waals surface area contributed by atoms with Gasteiger partial charge in [0.1, 0.15) is 11.6 Å². The van der Waals surface area contributed by atoms with Crippen LogP contribution < -0.4 is 5.32 Å². The maximum Gasteiger partial charge on any atom is 0.334 e. The summed E-state index contributed by atoms with van der Waals surface area (Å²) in [5.41, 5.74) is -3.36. The SMILES string of the molecule is N#CC(=CNc1c(F)c(F)c(F)c(F)c1[N+](=O)[O-])c1nn[nH]n1. The first-order chi connectivity index (χ1) is 10.9. The van der Waals surface area contributed by atoms with E-state index in [0.717, 1.165) is 0 Å². The molecule has 118 valence electrons. The van der Waals surface area contributed by atoms with Gasteiger partial charge in [0, 0.05) is 6.20 Å². The van der Waals surface area contributed by atoms with E-state index in [9.17, 15) is 27.7 Å². The minimum atomic E-state index is -2.33. The Morgan fingerprint density at radius 3 is 2.43 bits per heavy atom. The molecule has 0 saturated carbocycles. The van der Waals surface area contributed by atoms with Gasteiger partial charge in [0.05, 0.1) is 4.92 Å². The molecular weight excluding hydrogens is 326 g/mol. The van der Waals surface area contributed by atoms with Gasteiger partial charge < -0.3 is 5.32 Å². The number of nitrogens with zero attached hydrogens (tertiary/aromatic N) is 5. The molecule has 0 aliphatic carbocycles. The first-order valence-corrected chi connectivity index (χ1v) is 5.49. The molecule has 13 heteroatoms. The molecule has 0 atom stereocenters. The summed E-state index contributed by atoms with van der Waals surface area (Å²) in [6.45, 7) is 0. The molecule has 9 nitrogen and oxygen atoms in total. The highest BCUT2D eigenvalue weighted by Gasteiger charge is 2.32. The van der Waals surface area contributed by atoms with Gasteiger partial charge in [-0.25, -0.2) is 13.2 Å². The molecule has 0 fully saturated rings. The Bertz CT molecular complexity index is 844. The molecule has 0 radical (unpaired) electrons. The third-order valence-electron chi connectivity index (χ3n) is 2.49. The van der Waals surface area contributed by atoms with E-state index < -0.39 is 45.1 Å². The Morgan fingerprint density at radius 1 is 1.26 bits per heavy atom. The predicted octanol–water partition coefficient (Wildman–Crippen LogP) is 1.64. The number of hydrogen-bond acceptors (Lipinski definition) is 7. The van der Waals surface area contributed by atoms with Gasteiger partial charge in [-0.05, 0) is 5.21 Å². The van der Waals surface area contributed by atoms with E-state index in [2.05, 4.69) is 15.4 Å². The largest absolute Gasteiger partial charge is 0.352 e. The fraction of sp³-hybridized carbons (Fsp3) is 0. The number of nitriles is 1. The number of rotatable bonds is 4. The van der Waals surface area contributed by atoms with Crippen LogP contribution in [0, 0.1) is 44.7 Å². The van der Waals surface area contributed by atoms with Crippen molar-refractivity contribution in [3.8, 4) is 6.07 Å². The van der Waals surface area contributed by atoms with Crippen LogP contribution in [0.1, 0.15) is 5.82 Å². The van der Waals surface area contributed by atoms with Crippen molar-refractivity contribution in [2.24, 2.45) is 0 Å². The standard InChI is InChI=1S/C10H3F4N7O2/c11-4-5(12)7(14)9(21(22)23)8(6(4)13)16-2-3(1-15)10-17-19-20-18-10/h2,16H,(H,17,18,19,20). The normalized spacial score (nSPS) is 11.2. The zero-order valence-corrected chi connectivity index (χ0v) is 10.6. The summed E-state index contributed by atoms with van der Waals surface area (Å²) in [5.74, 6) is -9.07. The number of aromatic amines is 1. The second-order valence-electron chi connectivity index (χ2n) is 3.79. The van der Waals surface area contributed by atoms with Crippen molar-refractivity contribution in [2.45, 2.75) is 0 Å². The van der Waals surface area contributed by atoms with Crippen molar-refractivity contribution in [3.63, 3.8) is 0 Å². The molecule has 0 bridgehead atoms. The Kier molecular flexibility index (Phi) is 4.16. The highest BCUT2D eigenvalue weighted by atomic mass is 19.2.